The minimum atomic E-state index is -0.905. The molecule has 0 aromatic heterocycles. The van der Waals surface area contributed by atoms with Gasteiger partial charge in [-0.2, -0.15) is 0 Å². The lowest BCUT2D eigenvalue weighted by molar-refractivity contribution is 0.527. The first-order valence-electron chi connectivity index (χ1n) is 8.32. The van der Waals surface area contributed by atoms with Gasteiger partial charge in [-0.1, -0.05) is 27.7 Å². The van der Waals surface area contributed by atoms with Gasteiger partial charge in [0.25, 0.3) is 0 Å². The molecule has 0 aromatic rings. The van der Waals surface area contributed by atoms with Crippen LogP contribution in [-0.2, 0) is 0 Å². The average Bonchev–Trinajstić information content (AvgIpc) is 2.41. The van der Waals surface area contributed by atoms with Crippen molar-refractivity contribution in [3.05, 3.63) is 0 Å². The third-order valence-electron chi connectivity index (χ3n) is 5.22. The third kappa shape index (κ3) is 3.54. The van der Waals surface area contributed by atoms with E-state index in [1.807, 2.05) is 0 Å². The molecule has 1 fully saturated rings. The molecule has 1 saturated heterocycles. The largest absolute Gasteiger partial charge is 0.330 e. The molecule has 20 heavy (non-hydrogen) atoms. The van der Waals surface area contributed by atoms with Gasteiger partial charge < -0.3 is 16.9 Å². The van der Waals surface area contributed by atoms with Crippen molar-refractivity contribution in [1.29, 1.82) is 0 Å². The van der Waals surface area contributed by atoms with E-state index in [4.69, 9.17) is 0 Å². The summed E-state index contributed by atoms with van der Waals surface area (Å²) in [5.74, 6) is 0. The molecular weight excluding hydrogens is 313 g/mol. The molecule has 0 radical (unpaired) electrons. The van der Waals surface area contributed by atoms with Crippen LogP contribution in [0.25, 0.3) is 0 Å². The number of hydrogen-bond acceptors (Lipinski definition) is 4. The summed E-state index contributed by atoms with van der Waals surface area (Å²) in [5, 5.41) is 0. The van der Waals surface area contributed by atoms with Crippen LogP contribution in [-0.4, -0.2) is 81.6 Å². The Bertz CT molecular complexity index is 225. The lowest BCUT2D eigenvalue weighted by Crippen LogP contribution is -2.74. The molecular formula is C12H36N4Si4. The van der Waals surface area contributed by atoms with Crippen molar-refractivity contribution in [3.63, 3.8) is 0 Å². The van der Waals surface area contributed by atoms with Crippen LogP contribution in [0.2, 0.25) is 24.2 Å². The molecule has 0 unspecified atom stereocenters. The number of hydrogen-bond donors (Lipinski definition) is 0. The molecule has 4 nitrogen and oxygen atoms in total. The van der Waals surface area contributed by atoms with Gasteiger partial charge in [0.15, 0.2) is 36.5 Å². The highest BCUT2D eigenvalue weighted by atomic mass is 28.4. The van der Waals surface area contributed by atoms with Gasteiger partial charge in [0.05, 0.1) is 0 Å². The first kappa shape index (κ1) is 18.8. The van der Waals surface area contributed by atoms with Crippen LogP contribution in [0.5, 0.6) is 0 Å². The molecule has 0 atom stereocenters. The maximum atomic E-state index is 2.92. The molecule has 0 bridgehead atoms. The predicted octanol–water partition coefficient (Wildman–Crippen LogP) is 0.689. The van der Waals surface area contributed by atoms with Crippen LogP contribution in [0, 0.1) is 0 Å². The Hall–Kier alpha value is 0.708. The summed E-state index contributed by atoms with van der Waals surface area (Å²) in [6.07, 6.45) is 0. The summed E-state index contributed by atoms with van der Waals surface area (Å²) >= 11 is 0. The molecule has 0 N–H and O–H groups in total. The SMILES string of the molecule is CC[SiH]1N(C)[SiH](CC)N(C)[SiH](CC)N(C)[SiH](CC)N1C. The summed E-state index contributed by atoms with van der Waals surface area (Å²) in [7, 11) is 6.22. The molecule has 1 aliphatic heterocycles. The van der Waals surface area contributed by atoms with Crippen LogP contribution < -0.4 is 0 Å². The first-order chi connectivity index (χ1) is 9.44. The van der Waals surface area contributed by atoms with E-state index in [0.717, 1.165) is 0 Å². The number of nitrogens with zero attached hydrogens (tertiary/aromatic N) is 4. The van der Waals surface area contributed by atoms with Crippen molar-refractivity contribution in [2.24, 2.45) is 0 Å². The van der Waals surface area contributed by atoms with E-state index >= 15 is 0 Å². The predicted molar refractivity (Wildman–Crippen MR) is 102 cm³/mol. The second-order valence-electron chi connectivity index (χ2n) is 6.22. The standard InChI is InChI=1S/C12H36N4Si4/c1-9-17-13(5)18(10-2)15(7)20(12-4)16(8)19(11-3)14(17)6/h17-20H,9-12H2,1-8H3. The van der Waals surface area contributed by atoms with Gasteiger partial charge in [0.1, 0.15) is 0 Å². The highest BCUT2D eigenvalue weighted by Gasteiger charge is 2.41. The van der Waals surface area contributed by atoms with Crippen molar-refractivity contribution in [3.8, 4) is 0 Å². The summed E-state index contributed by atoms with van der Waals surface area (Å²) in [4.78, 5) is 0. The molecule has 0 saturated carbocycles. The first-order valence-corrected chi connectivity index (χ1v) is 15.7. The second-order valence-corrected chi connectivity index (χ2v) is 22.2. The minimum Gasteiger partial charge on any atom is -0.330 e. The van der Waals surface area contributed by atoms with Crippen molar-refractivity contribution in [2.45, 2.75) is 51.9 Å². The second kappa shape index (κ2) is 8.37. The van der Waals surface area contributed by atoms with Gasteiger partial charge in [-0.15, -0.1) is 0 Å². The molecule has 0 spiro atoms. The lowest BCUT2D eigenvalue weighted by Gasteiger charge is -2.53. The quantitative estimate of drug-likeness (QED) is 0.693. The maximum Gasteiger partial charge on any atom is 0.177 e. The van der Waals surface area contributed by atoms with Crippen molar-refractivity contribution < 1.29 is 0 Å². The third-order valence-corrected chi connectivity index (χ3v) is 23.9. The van der Waals surface area contributed by atoms with Gasteiger partial charge in [-0.25, -0.2) is 0 Å². The summed E-state index contributed by atoms with van der Waals surface area (Å²) in [6.45, 7) is 9.68. The normalized spacial score (nSPS) is 36.0. The molecule has 120 valence electrons. The Kier molecular flexibility index (Phi) is 7.85. The fourth-order valence-electron chi connectivity index (χ4n) is 4.25. The van der Waals surface area contributed by atoms with Crippen LogP contribution in [0.3, 0.4) is 0 Å². The van der Waals surface area contributed by atoms with Crippen LogP contribution in [0.15, 0.2) is 0 Å². The van der Waals surface area contributed by atoms with Crippen molar-refractivity contribution >= 4 is 36.5 Å². The smallest absolute Gasteiger partial charge is 0.177 e. The molecule has 0 aliphatic carbocycles. The van der Waals surface area contributed by atoms with Gasteiger partial charge >= 0.3 is 0 Å². The molecule has 0 aromatic carbocycles. The summed E-state index contributed by atoms with van der Waals surface area (Å²) in [6, 6.07) is 5.56. The average molecular weight is 349 g/mol. The summed E-state index contributed by atoms with van der Waals surface area (Å²) < 4.78 is 11.7. The Morgan fingerprint density at radius 2 is 0.600 bits per heavy atom. The fraction of sp³-hybridized carbons (Fsp3) is 1.00. The molecule has 8 heteroatoms. The van der Waals surface area contributed by atoms with E-state index in [9.17, 15) is 0 Å². The van der Waals surface area contributed by atoms with Crippen LogP contribution in [0.1, 0.15) is 27.7 Å². The Balaban J connectivity index is 3.18. The van der Waals surface area contributed by atoms with Crippen LogP contribution in [0.4, 0.5) is 0 Å². The zero-order valence-corrected chi connectivity index (χ0v) is 19.5. The topological polar surface area (TPSA) is 13.0 Å². The Morgan fingerprint density at radius 3 is 0.700 bits per heavy atom. The molecule has 1 aliphatic rings. The fourth-order valence-corrected chi connectivity index (χ4v) is 29.5. The van der Waals surface area contributed by atoms with E-state index < -0.39 is 36.5 Å². The minimum absolute atomic E-state index is 0.905. The van der Waals surface area contributed by atoms with Gasteiger partial charge in [-0.3, -0.25) is 0 Å². The van der Waals surface area contributed by atoms with Crippen molar-refractivity contribution in [2.75, 3.05) is 28.2 Å². The van der Waals surface area contributed by atoms with Crippen LogP contribution >= 0.6 is 0 Å². The number of rotatable bonds is 4. The highest BCUT2D eigenvalue weighted by Crippen LogP contribution is 2.21. The van der Waals surface area contributed by atoms with Gasteiger partial charge in [0.2, 0.25) is 0 Å². The van der Waals surface area contributed by atoms with Gasteiger partial charge in [0, 0.05) is 0 Å². The van der Waals surface area contributed by atoms with E-state index in [1.54, 1.807) is 0 Å². The Labute approximate surface area is 133 Å². The highest BCUT2D eigenvalue weighted by molar-refractivity contribution is 6.86. The zero-order chi connectivity index (χ0) is 15.4. The van der Waals surface area contributed by atoms with Gasteiger partial charge in [-0.05, 0) is 52.4 Å². The molecule has 0 amide bonds. The van der Waals surface area contributed by atoms with E-state index in [0.29, 0.717) is 0 Å². The molecule has 1 rings (SSSR count). The van der Waals surface area contributed by atoms with E-state index in [2.05, 4.69) is 72.8 Å². The Morgan fingerprint density at radius 1 is 0.450 bits per heavy atom. The van der Waals surface area contributed by atoms with E-state index in [-0.39, 0.29) is 0 Å². The van der Waals surface area contributed by atoms with Crippen molar-refractivity contribution in [1.82, 2.24) is 16.9 Å². The zero-order valence-electron chi connectivity index (χ0n) is 14.9. The lowest BCUT2D eigenvalue weighted by atomic mass is 11.0. The van der Waals surface area contributed by atoms with E-state index in [1.165, 1.54) is 24.2 Å². The summed E-state index contributed by atoms with van der Waals surface area (Å²) in [5.41, 5.74) is 0. The molecule has 1 heterocycles. The monoisotopic (exact) mass is 348 g/mol. The maximum absolute atomic E-state index is 2.92.